The maximum absolute atomic E-state index is 13.7. The molecule has 3 rings (SSSR count). The van der Waals surface area contributed by atoms with E-state index in [0.29, 0.717) is 6.42 Å². The number of benzene rings is 2. The summed E-state index contributed by atoms with van der Waals surface area (Å²) in [6, 6.07) is 14.0. The number of carbonyl (C=O) groups is 1. The first kappa shape index (κ1) is 16.5. The molecule has 0 unspecified atom stereocenters. The van der Waals surface area contributed by atoms with Crippen molar-refractivity contribution in [1.29, 1.82) is 0 Å². The van der Waals surface area contributed by atoms with E-state index < -0.39 is 5.82 Å². The number of rotatable bonds is 5. The van der Waals surface area contributed by atoms with E-state index in [1.165, 1.54) is 12.1 Å². The molecule has 0 spiro atoms. The van der Waals surface area contributed by atoms with Gasteiger partial charge in [0, 0.05) is 28.4 Å². The third-order valence-corrected chi connectivity index (χ3v) is 4.14. The second kappa shape index (κ2) is 7.05. The van der Waals surface area contributed by atoms with Gasteiger partial charge in [-0.2, -0.15) is 0 Å². The van der Waals surface area contributed by atoms with Crippen LogP contribution in [0, 0.1) is 5.82 Å². The lowest BCUT2D eigenvalue weighted by Crippen LogP contribution is -2.35. The first-order valence-corrected chi connectivity index (χ1v) is 8.10. The topological polar surface area (TPSA) is 42.2 Å². The van der Waals surface area contributed by atoms with Crippen LogP contribution in [0.1, 0.15) is 18.2 Å². The summed E-state index contributed by atoms with van der Waals surface area (Å²) in [5.41, 5.74) is 1.04. The molecular weight excluding hydrogens is 329 g/mol. The molecule has 0 aliphatic heterocycles. The van der Waals surface area contributed by atoms with Gasteiger partial charge in [0.1, 0.15) is 17.2 Å². The summed E-state index contributed by atoms with van der Waals surface area (Å²) >= 11 is 5.95. The first-order chi connectivity index (χ1) is 11.5. The van der Waals surface area contributed by atoms with E-state index in [1.807, 2.05) is 37.3 Å². The van der Waals surface area contributed by atoms with Crippen LogP contribution in [-0.2, 0) is 17.6 Å². The molecule has 3 aromatic rings. The number of furan rings is 1. The van der Waals surface area contributed by atoms with Gasteiger partial charge in [-0.05, 0) is 31.2 Å². The van der Waals surface area contributed by atoms with Gasteiger partial charge in [0.15, 0.2) is 0 Å². The van der Waals surface area contributed by atoms with Crippen LogP contribution in [0.5, 0.6) is 0 Å². The minimum absolute atomic E-state index is 0.0873. The van der Waals surface area contributed by atoms with E-state index in [2.05, 4.69) is 5.32 Å². The zero-order valence-corrected chi connectivity index (χ0v) is 13.9. The number of fused-ring (bicyclic) bond motifs is 1. The standard InChI is InChI=1S/C19H17ClFNO2/c1-12(9-14-10-13-5-2-3-8-18(13)24-14)22-19(23)11-15-16(20)6-4-7-17(15)21/h2-8,10,12H,9,11H2,1H3,(H,22,23)/t12-/m1/s1. The molecule has 0 radical (unpaired) electrons. The summed E-state index contributed by atoms with van der Waals surface area (Å²) in [4.78, 5) is 12.1. The molecular formula is C19H17ClFNO2. The second-order valence-electron chi connectivity index (χ2n) is 5.80. The summed E-state index contributed by atoms with van der Waals surface area (Å²) in [6.45, 7) is 1.88. The Bertz CT molecular complexity index is 821. The molecule has 1 heterocycles. The molecule has 2 aromatic carbocycles. The summed E-state index contributed by atoms with van der Waals surface area (Å²) in [5, 5.41) is 4.14. The monoisotopic (exact) mass is 345 g/mol. The predicted octanol–water partition coefficient (Wildman–Crippen LogP) is 4.52. The molecule has 1 N–H and O–H groups in total. The van der Waals surface area contributed by atoms with Crippen molar-refractivity contribution in [3.8, 4) is 0 Å². The lowest BCUT2D eigenvalue weighted by Gasteiger charge is -2.13. The number of para-hydroxylation sites is 1. The second-order valence-corrected chi connectivity index (χ2v) is 6.21. The van der Waals surface area contributed by atoms with Gasteiger partial charge >= 0.3 is 0 Å². The molecule has 1 aromatic heterocycles. The molecule has 3 nitrogen and oxygen atoms in total. The average molecular weight is 346 g/mol. The quantitative estimate of drug-likeness (QED) is 0.739. The fourth-order valence-electron chi connectivity index (χ4n) is 2.68. The number of hydrogen-bond acceptors (Lipinski definition) is 2. The van der Waals surface area contributed by atoms with Crippen molar-refractivity contribution in [2.45, 2.75) is 25.8 Å². The minimum atomic E-state index is -0.470. The van der Waals surface area contributed by atoms with Crippen molar-refractivity contribution >= 4 is 28.5 Å². The van der Waals surface area contributed by atoms with Gasteiger partial charge in [0.05, 0.1) is 6.42 Å². The van der Waals surface area contributed by atoms with Gasteiger partial charge in [-0.15, -0.1) is 0 Å². The fraction of sp³-hybridized carbons (Fsp3) is 0.211. The lowest BCUT2D eigenvalue weighted by atomic mass is 10.1. The van der Waals surface area contributed by atoms with Crippen molar-refractivity contribution in [2.24, 2.45) is 0 Å². The summed E-state index contributed by atoms with van der Waals surface area (Å²) in [7, 11) is 0. The molecule has 0 aliphatic carbocycles. The van der Waals surface area contributed by atoms with E-state index in [9.17, 15) is 9.18 Å². The van der Waals surface area contributed by atoms with Gasteiger partial charge in [0.25, 0.3) is 0 Å². The summed E-state index contributed by atoms with van der Waals surface area (Å²) < 4.78 is 19.5. The predicted molar refractivity (Wildman–Crippen MR) is 92.6 cm³/mol. The third kappa shape index (κ3) is 3.77. The number of amides is 1. The highest BCUT2D eigenvalue weighted by molar-refractivity contribution is 6.31. The van der Waals surface area contributed by atoms with Crippen LogP contribution in [0.3, 0.4) is 0 Å². The maximum Gasteiger partial charge on any atom is 0.224 e. The Kier molecular flexibility index (Phi) is 4.86. The fourth-order valence-corrected chi connectivity index (χ4v) is 2.91. The molecule has 0 saturated heterocycles. The van der Waals surface area contributed by atoms with Crippen LogP contribution in [0.25, 0.3) is 11.0 Å². The number of hydrogen-bond donors (Lipinski definition) is 1. The van der Waals surface area contributed by atoms with Crippen molar-refractivity contribution in [2.75, 3.05) is 0 Å². The Balaban J connectivity index is 1.62. The smallest absolute Gasteiger partial charge is 0.224 e. The van der Waals surface area contributed by atoms with Gasteiger partial charge in [0.2, 0.25) is 5.91 Å². The van der Waals surface area contributed by atoms with E-state index in [4.69, 9.17) is 16.0 Å². The third-order valence-electron chi connectivity index (χ3n) is 3.79. The Labute approximate surface area is 144 Å². The van der Waals surface area contributed by atoms with Gasteiger partial charge in [-0.3, -0.25) is 4.79 Å². The Hall–Kier alpha value is -2.33. The molecule has 124 valence electrons. The largest absolute Gasteiger partial charge is 0.461 e. The average Bonchev–Trinajstić information content (AvgIpc) is 2.93. The van der Waals surface area contributed by atoms with Crippen molar-refractivity contribution in [3.05, 3.63) is 70.7 Å². The number of carbonyl (C=O) groups excluding carboxylic acids is 1. The molecule has 0 aliphatic rings. The molecule has 1 atom stereocenters. The van der Waals surface area contributed by atoms with Crippen molar-refractivity contribution < 1.29 is 13.6 Å². The highest BCUT2D eigenvalue weighted by Crippen LogP contribution is 2.21. The van der Waals surface area contributed by atoms with E-state index >= 15 is 0 Å². The van der Waals surface area contributed by atoms with Crippen LogP contribution in [0.4, 0.5) is 4.39 Å². The Morgan fingerprint density at radius 3 is 2.79 bits per heavy atom. The van der Waals surface area contributed by atoms with Crippen LogP contribution in [0.2, 0.25) is 5.02 Å². The number of nitrogens with one attached hydrogen (secondary N) is 1. The highest BCUT2D eigenvalue weighted by atomic mass is 35.5. The molecule has 0 fully saturated rings. The molecule has 0 bridgehead atoms. The molecule has 1 amide bonds. The summed E-state index contributed by atoms with van der Waals surface area (Å²) in [5.74, 6) is 0.0566. The zero-order valence-electron chi connectivity index (χ0n) is 13.2. The zero-order chi connectivity index (χ0) is 17.1. The Morgan fingerprint density at radius 2 is 2.04 bits per heavy atom. The van der Waals surface area contributed by atoms with E-state index in [-0.39, 0.29) is 29.0 Å². The van der Waals surface area contributed by atoms with Crippen LogP contribution in [0.15, 0.2) is 52.9 Å². The molecule has 0 saturated carbocycles. The van der Waals surface area contributed by atoms with Gasteiger partial charge in [-0.1, -0.05) is 35.9 Å². The van der Waals surface area contributed by atoms with Crippen LogP contribution >= 0.6 is 11.6 Å². The highest BCUT2D eigenvalue weighted by Gasteiger charge is 2.15. The van der Waals surface area contributed by atoms with Crippen LogP contribution in [-0.4, -0.2) is 11.9 Å². The summed E-state index contributed by atoms with van der Waals surface area (Å²) in [6.07, 6.45) is 0.474. The van der Waals surface area contributed by atoms with Gasteiger partial charge in [-0.25, -0.2) is 4.39 Å². The van der Waals surface area contributed by atoms with Gasteiger partial charge < -0.3 is 9.73 Å². The lowest BCUT2D eigenvalue weighted by molar-refractivity contribution is -0.121. The Morgan fingerprint density at radius 1 is 1.25 bits per heavy atom. The van der Waals surface area contributed by atoms with Crippen molar-refractivity contribution in [3.63, 3.8) is 0 Å². The van der Waals surface area contributed by atoms with Crippen LogP contribution < -0.4 is 5.32 Å². The molecule has 24 heavy (non-hydrogen) atoms. The van der Waals surface area contributed by atoms with E-state index in [0.717, 1.165) is 16.7 Å². The molecule has 5 heteroatoms. The first-order valence-electron chi connectivity index (χ1n) is 7.72. The van der Waals surface area contributed by atoms with E-state index in [1.54, 1.807) is 6.07 Å². The minimum Gasteiger partial charge on any atom is -0.461 e. The number of halogens is 2. The normalized spacial score (nSPS) is 12.3. The van der Waals surface area contributed by atoms with Crippen molar-refractivity contribution in [1.82, 2.24) is 5.32 Å². The SMILES string of the molecule is C[C@H](Cc1cc2ccccc2o1)NC(=O)Cc1c(F)cccc1Cl. The maximum atomic E-state index is 13.7.